The zero-order valence-electron chi connectivity index (χ0n) is 12.3. The summed E-state index contributed by atoms with van der Waals surface area (Å²) < 4.78 is 27.4. The molecule has 0 heterocycles. The molecule has 0 aromatic heterocycles. The standard InChI is InChI=1S/C15H20F2N2O2/c1-3-4-9-18-14(21)8-10-19(11(2)20)15-12(16)6-5-7-13(15)17/h5-7H,3-4,8-10H2,1-2H3,(H,18,21). The van der Waals surface area contributed by atoms with Crippen LogP contribution in [-0.4, -0.2) is 24.9 Å². The van der Waals surface area contributed by atoms with Crippen molar-refractivity contribution in [1.82, 2.24) is 5.32 Å². The number of halogens is 2. The van der Waals surface area contributed by atoms with E-state index in [0.29, 0.717) is 6.54 Å². The first-order chi connectivity index (χ1) is 9.97. The number of carbonyl (C=O) groups excluding carboxylic acids is 2. The largest absolute Gasteiger partial charge is 0.356 e. The number of rotatable bonds is 7. The monoisotopic (exact) mass is 298 g/mol. The molecule has 4 nitrogen and oxygen atoms in total. The van der Waals surface area contributed by atoms with Crippen LogP contribution >= 0.6 is 0 Å². The molecular weight excluding hydrogens is 278 g/mol. The number of hydrogen-bond donors (Lipinski definition) is 1. The molecule has 0 saturated heterocycles. The first-order valence-corrected chi connectivity index (χ1v) is 6.96. The van der Waals surface area contributed by atoms with Crippen LogP contribution in [0.25, 0.3) is 0 Å². The van der Waals surface area contributed by atoms with E-state index >= 15 is 0 Å². The van der Waals surface area contributed by atoms with Gasteiger partial charge in [-0.05, 0) is 18.6 Å². The van der Waals surface area contributed by atoms with E-state index in [1.807, 2.05) is 6.92 Å². The Labute approximate surface area is 123 Å². The van der Waals surface area contributed by atoms with Gasteiger partial charge in [0, 0.05) is 26.4 Å². The molecule has 0 saturated carbocycles. The highest BCUT2D eigenvalue weighted by Crippen LogP contribution is 2.23. The van der Waals surface area contributed by atoms with E-state index in [4.69, 9.17) is 0 Å². The van der Waals surface area contributed by atoms with Gasteiger partial charge in [-0.25, -0.2) is 8.78 Å². The van der Waals surface area contributed by atoms with Gasteiger partial charge in [-0.1, -0.05) is 19.4 Å². The van der Waals surface area contributed by atoms with Gasteiger partial charge in [0.05, 0.1) is 0 Å². The van der Waals surface area contributed by atoms with Crippen LogP contribution in [0.5, 0.6) is 0 Å². The van der Waals surface area contributed by atoms with Gasteiger partial charge in [-0.2, -0.15) is 0 Å². The van der Waals surface area contributed by atoms with Crippen LogP contribution in [0.4, 0.5) is 14.5 Å². The van der Waals surface area contributed by atoms with E-state index in [2.05, 4.69) is 5.32 Å². The van der Waals surface area contributed by atoms with Gasteiger partial charge in [0.1, 0.15) is 17.3 Å². The summed E-state index contributed by atoms with van der Waals surface area (Å²) >= 11 is 0. The third-order valence-corrected chi connectivity index (χ3v) is 3.00. The molecule has 2 amide bonds. The average Bonchev–Trinajstić information content (AvgIpc) is 2.41. The number of anilines is 1. The van der Waals surface area contributed by atoms with Crippen molar-refractivity contribution >= 4 is 17.5 Å². The third kappa shape index (κ3) is 5.13. The number of unbranched alkanes of at least 4 members (excludes halogenated alkanes) is 1. The van der Waals surface area contributed by atoms with Gasteiger partial charge in [0.25, 0.3) is 0 Å². The number of carbonyl (C=O) groups is 2. The van der Waals surface area contributed by atoms with Crippen LogP contribution in [0, 0.1) is 11.6 Å². The fourth-order valence-electron chi connectivity index (χ4n) is 1.88. The second-order valence-electron chi connectivity index (χ2n) is 4.69. The quantitative estimate of drug-likeness (QED) is 0.787. The van der Waals surface area contributed by atoms with Crippen LogP contribution in [0.1, 0.15) is 33.1 Å². The lowest BCUT2D eigenvalue weighted by atomic mass is 10.2. The number of hydrogen-bond acceptors (Lipinski definition) is 2. The van der Waals surface area contributed by atoms with Crippen LogP contribution < -0.4 is 10.2 Å². The van der Waals surface area contributed by atoms with E-state index in [-0.39, 0.29) is 18.9 Å². The third-order valence-electron chi connectivity index (χ3n) is 3.00. The fourth-order valence-corrected chi connectivity index (χ4v) is 1.88. The maximum absolute atomic E-state index is 13.7. The molecule has 0 radical (unpaired) electrons. The van der Waals surface area contributed by atoms with Crippen molar-refractivity contribution < 1.29 is 18.4 Å². The van der Waals surface area contributed by atoms with Gasteiger partial charge < -0.3 is 10.2 Å². The normalized spacial score (nSPS) is 10.3. The van der Waals surface area contributed by atoms with Crippen molar-refractivity contribution in [3.05, 3.63) is 29.8 Å². The molecule has 0 fully saturated rings. The smallest absolute Gasteiger partial charge is 0.224 e. The Balaban J connectivity index is 2.71. The highest BCUT2D eigenvalue weighted by atomic mass is 19.1. The zero-order valence-corrected chi connectivity index (χ0v) is 12.3. The Morgan fingerprint density at radius 2 is 1.86 bits per heavy atom. The number of benzene rings is 1. The summed E-state index contributed by atoms with van der Waals surface area (Å²) in [7, 11) is 0. The van der Waals surface area contributed by atoms with E-state index in [1.54, 1.807) is 0 Å². The fraction of sp³-hybridized carbons (Fsp3) is 0.467. The van der Waals surface area contributed by atoms with Gasteiger partial charge in [-0.3, -0.25) is 9.59 Å². The summed E-state index contributed by atoms with van der Waals surface area (Å²) in [6.07, 6.45) is 1.82. The summed E-state index contributed by atoms with van der Waals surface area (Å²) in [5.41, 5.74) is -0.411. The predicted molar refractivity (Wildman–Crippen MR) is 76.9 cm³/mol. The van der Waals surface area contributed by atoms with Gasteiger partial charge in [0.15, 0.2) is 0 Å². The highest BCUT2D eigenvalue weighted by Gasteiger charge is 2.20. The number of nitrogens with one attached hydrogen (secondary N) is 1. The molecule has 0 aliphatic heterocycles. The number of nitrogens with zero attached hydrogens (tertiary/aromatic N) is 1. The summed E-state index contributed by atoms with van der Waals surface area (Å²) in [5, 5.41) is 2.69. The molecule has 0 aliphatic rings. The van der Waals surface area contributed by atoms with Gasteiger partial charge >= 0.3 is 0 Å². The van der Waals surface area contributed by atoms with Crippen LogP contribution in [0.2, 0.25) is 0 Å². The molecule has 1 aromatic rings. The highest BCUT2D eigenvalue weighted by molar-refractivity contribution is 5.92. The van der Waals surface area contributed by atoms with Crippen LogP contribution in [0.3, 0.4) is 0 Å². The van der Waals surface area contributed by atoms with Crippen molar-refractivity contribution in [2.45, 2.75) is 33.1 Å². The maximum atomic E-state index is 13.7. The molecule has 0 bridgehead atoms. The molecule has 0 unspecified atom stereocenters. The molecular formula is C15H20F2N2O2. The van der Waals surface area contributed by atoms with E-state index in [9.17, 15) is 18.4 Å². The minimum Gasteiger partial charge on any atom is -0.356 e. The number of para-hydroxylation sites is 1. The second kappa shape index (κ2) is 8.34. The lowest BCUT2D eigenvalue weighted by Crippen LogP contribution is -2.35. The zero-order chi connectivity index (χ0) is 15.8. The maximum Gasteiger partial charge on any atom is 0.224 e. The van der Waals surface area contributed by atoms with Gasteiger partial charge in [-0.15, -0.1) is 0 Å². The topological polar surface area (TPSA) is 49.4 Å². The van der Waals surface area contributed by atoms with Gasteiger partial charge in [0.2, 0.25) is 11.8 Å². The summed E-state index contributed by atoms with van der Waals surface area (Å²) in [6, 6.07) is 3.38. The van der Waals surface area contributed by atoms with Crippen molar-refractivity contribution in [3.8, 4) is 0 Å². The molecule has 1 N–H and O–H groups in total. The Bertz CT molecular complexity index is 486. The Morgan fingerprint density at radius 3 is 2.38 bits per heavy atom. The minimum atomic E-state index is -0.823. The SMILES string of the molecule is CCCCNC(=O)CCN(C(C)=O)c1c(F)cccc1F. The molecule has 0 atom stereocenters. The molecule has 21 heavy (non-hydrogen) atoms. The molecule has 1 aromatic carbocycles. The molecule has 6 heteroatoms. The molecule has 1 rings (SSSR count). The van der Waals surface area contributed by atoms with E-state index < -0.39 is 23.2 Å². The summed E-state index contributed by atoms with van der Waals surface area (Å²) in [4.78, 5) is 24.1. The van der Waals surface area contributed by atoms with E-state index in [1.165, 1.54) is 13.0 Å². The lowest BCUT2D eigenvalue weighted by molar-refractivity contribution is -0.121. The van der Waals surface area contributed by atoms with Crippen LogP contribution in [0.15, 0.2) is 18.2 Å². The van der Waals surface area contributed by atoms with Crippen LogP contribution in [-0.2, 0) is 9.59 Å². The summed E-state index contributed by atoms with van der Waals surface area (Å²) in [6.45, 7) is 3.71. The predicted octanol–water partition coefficient (Wildman–Crippen LogP) is 2.62. The van der Waals surface area contributed by atoms with Crippen molar-refractivity contribution in [2.24, 2.45) is 0 Å². The van der Waals surface area contributed by atoms with Crippen molar-refractivity contribution in [3.63, 3.8) is 0 Å². The first-order valence-electron chi connectivity index (χ1n) is 6.96. The minimum absolute atomic E-state index is 0.00291. The average molecular weight is 298 g/mol. The van der Waals surface area contributed by atoms with E-state index in [0.717, 1.165) is 29.9 Å². The molecule has 0 aliphatic carbocycles. The first kappa shape index (κ1) is 17.1. The Morgan fingerprint density at radius 1 is 1.24 bits per heavy atom. The lowest BCUT2D eigenvalue weighted by Gasteiger charge is -2.22. The van der Waals surface area contributed by atoms with Crippen molar-refractivity contribution in [1.29, 1.82) is 0 Å². The van der Waals surface area contributed by atoms with Crippen molar-refractivity contribution in [2.75, 3.05) is 18.0 Å². The summed E-state index contributed by atoms with van der Waals surface area (Å²) in [5.74, 6) is -2.40. The second-order valence-corrected chi connectivity index (χ2v) is 4.69. The molecule has 0 spiro atoms. The Hall–Kier alpha value is -1.98. The molecule has 116 valence electrons. The Kier molecular flexibility index (Phi) is 6.78. The number of amides is 2.